The third-order valence-corrected chi connectivity index (χ3v) is 5.75. The molecule has 27 heavy (non-hydrogen) atoms. The second kappa shape index (κ2) is 12.4. The van der Waals surface area contributed by atoms with Gasteiger partial charge in [0.15, 0.2) is 5.96 Å². The molecule has 1 aliphatic rings. The molecule has 1 saturated heterocycles. The standard InChI is InChI=1S/C18H30N4O3S.HI/c1-19-18(20-11-6-14-25-17-7-4-3-5-8-17)21-15-16-9-12-22(13-10-16)26(2,23)24;/h3-5,7-8,16H,6,9-15H2,1-2H3,(H2,19,20,21);1H. The van der Waals surface area contributed by atoms with Gasteiger partial charge in [-0.05, 0) is 37.3 Å². The van der Waals surface area contributed by atoms with Crippen molar-refractivity contribution >= 4 is 40.0 Å². The van der Waals surface area contributed by atoms with Gasteiger partial charge in [0.1, 0.15) is 5.75 Å². The Morgan fingerprint density at radius 3 is 2.48 bits per heavy atom. The molecule has 0 aromatic heterocycles. The first kappa shape index (κ1) is 24.0. The number of benzene rings is 1. The fourth-order valence-electron chi connectivity index (χ4n) is 2.89. The van der Waals surface area contributed by atoms with Gasteiger partial charge in [-0.1, -0.05) is 18.2 Å². The van der Waals surface area contributed by atoms with Gasteiger partial charge < -0.3 is 15.4 Å². The van der Waals surface area contributed by atoms with Crippen molar-refractivity contribution in [2.75, 3.05) is 46.1 Å². The number of para-hydroxylation sites is 1. The Hall–Kier alpha value is -1.07. The van der Waals surface area contributed by atoms with Crippen molar-refractivity contribution < 1.29 is 13.2 Å². The van der Waals surface area contributed by atoms with Crippen molar-refractivity contribution in [3.8, 4) is 5.75 Å². The first-order chi connectivity index (χ1) is 12.5. The Morgan fingerprint density at radius 2 is 1.89 bits per heavy atom. The second-order valence-corrected chi connectivity index (χ2v) is 8.48. The van der Waals surface area contributed by atoms with Gasteiger partial charge in [0, 0.05) is 33.2 Å². The Labute approximate surface area is 180 Å². The number of aliphatic imine (C=N–C) groups is 1. The van der Waals surface area contributed by atoms with Crippen molar-refractivity contribution in [3.63, 3.8) is 0 Å². The molecule has 2 rings (SSSR count). The van der Waals surface area contributed by atoms with E-state index in [0.29, 0.717) is 25.6 Å². The van der Waals surface area contributed by atoms with Crippen molar-refractivity contribution in [2.24, 2.45) is 10.9 Å². The average Bonchev–Trinajstić information content (AvgIpc) is 2.64. The number of hydrogen-bond donors (Lipinski definition) is 2. The highest BCUT2D eigenvalue weighted by atomic mass is 127. The van der Waals surface area contributed by atoms with Gasteiger partial charge >= 0.3 is 0 Å². The number of nitrogens with one attached hydrogen (secondary N) is 2. The molecule has 9 heteroatoms. The van der Waals surface area contributed by atoms with Gasteiger partial charge in [-0.25, -0.2) is 12.7 Å². The molecule has 0 bridgehead atoms. The third kappa shape index (κ3) is 9.11. The smallest absolute Gasteiger partial charge is 0.211 e. The zero-order valence-electron chi connectivity index (χ0n) is 16.1. The van der Waals surface area contributed by atoms with Crippen molar-refractivity contribution in [1.82, 2.24) is 14.9 Å². The van der Waals surface area contributed by atoms with Gasteiger partial charge in [0.2, 0.25) is 10.0 Å². The summed E-state index contributed by atoms with van der Waals surface area (Å²) < 4.78 is 30.3. The van der Waals surface area contributed by atoms with Crippen LogP contribution in [0.2, 0.25) is 0 Å². The highest BCUT2D eigenvalue weighted by Gasteiger charge is 2.24. The molecule has 1 aliphatic heterocycles. The largest absolute Gasteiger partial charge is 0.494 e. The number of nitrogens with zero attached hydrogens (tertiary/aromatic N) is 2. The number of rotatable bonds is 8. The summed E-state index contributed by atoms with van der Waals surface area (Å²) in [4.78, 5) is 4.23. The van der Waals surface area contributed by atoms with Gasteiger partial charge in [-0.2, -0.15) is 0 Å². The number of hydrogen-bond acceptors (Lipinski definition) is 4. The van der Waals surface area contributed by atoms with Gasteiger partial charge in [0.05, 0.1) is 12.9 Å². The Bertz CT molecular complexity index is 662. The zero-order chi connectivity index (χ0) is 18.8. The monoisotopic (exact) mass is 510 g/mol. The highest BCUT2D eigenvalue weighted by molar-refractivity contribution is 14.0. The minimum absolute atomic E-state index is 0. The van der Waals surface area contributed by atoms with Crippen molar-refractivity contribution in [3.05, 3.63) is 30.3 Å². The molecule has 0 atom stereocenters. The van der Waals surface area contributed by atoms with Crippen LogP contribution in [0.25, 0.3) is 0 Å². The van der Waals surface area contributed by atoms with E-state index in [2.05, 4.69) is 15.6 Å². The second-order valence-electron chi connectivity index (χ2n) is 6.50. The van der Waals surface area contributed by atoms with E-state index in [1.807, 2.05) is 30.3 Å². The predicted octanol–water partition coefficient (Wildman–Crippen LogP) is 1.91. The SMILES string of the molecule is CN=C(NCCCOc1ccccc1)NCC1CCN(S(C)(=O)=O)CC1.I. The highest BCUT2D eigenvalue weighted by Crippen LogP contribution is 2.18. The molecular formula is C18H31IN4O3S. The van der Waals surface area contributed by atoms with E-state index in [4.69, 9.17) is 4.74 Å². The van der Waals surface area contributed by atoms with E-state index in [-0.39, 0.29) is 24.0 Å². The van der Waals surface area contributed by atoms with E-state index < -0.39 is 10.0 Å². The molecule has 154 valence electrons. The topological polar surface area (TPSA) is 83.0 Å². The van der Waals surface area contributed by atoms with Crippen LogP contribution in [0.15, 0.2) is 35.3 Å². The summed E-state index contributed by atoms with van der Waals surface area (Å²) in [6, 6.07) is 9.78. The lowest BCUT2D eigenvalue weighted by Gasteiger charge is -2.30. The molecule has 0 radical (unpaired) electrons. The van der Waals surface area contributed by atoms with E-state index in [1.54, 1.807) is 11.4 Å². The fourth-order valence-corrected chi connectivity index (χ4v) is 3.77. The Morgan fingerprint density at radius 1 is 1.22 bits per heavy atom. The van der Waals surface area contributed by atoms with E-state index >= 15 is 0 Å². The van der Waals surface area contributed by atoms with Gasteiger partial charge in [-0.15, -0.1) is 24.0 Å². The van der Waals surface area contributed by atoms with Crippen LogP contribution in [0.5, 0.6) is 5.75 Å². The summed E-state index contributed by atoms with van der Waals surface area (Å²) in [5, 5.41) is 6.61. The molecule has 0 saturated carbocycles. The van der Waals surface area contributed by atoms with Crippen LogP contribution in [0, 0.1) is 5.92 Å². The van der Waals surface area contributed by atoms with Crippen LogP contribution in [0.4, 0.5) is 0 Å². The fraction of sp³-hybridized carbons (Fsp3) is 0.611. The molecule has 0 amide bonds. The van der Waals surface area contributed by atoms with Crippen LogP contribution in [0.3, 0.4) is 0 Å². The van der Waals surface area contributed by atoms with Crippen molar-refractivity contribution in [1.29, 1.82) is 0 Å². The quantitative estimate of drug-likeness (QED) is 0.242. The van der Waals surface area contributed by atoms with E-state index in [1.165, 1.54) is 6.26 Å². The minimum atomic E-state index is -3.06. The average molecular weight is 510 g/mol. The summed E-state index contributed by atoms with van der Waals surface area (Å²) in [6.07, 6.45) is 3.91. The third-order valence-electron chi connectivity index (χ3n) is 4.45. The van der Waals surface area contributed by atoms with Crippen molar-refractivity contribution in [2.45, 2.75) is 19.3 Å². The molecule has 1 heterocycles. The molecule has 2 N–H and O–H groups in total. The maximum absolute atomic E-state index is 11.5. The van der Waals surface area contributed by atoms with Gasteiger partial charge in [-0.3, -0.25) is 4.99 Å². The van der Waals surface area contributed by atoms with E-state index in [9.17, 15) is 8.42 Å². The lowest BCUT2D eigenvalue weighted by Crippen LogP contribution is -2.44. The molecule has 7 nitrogen and oxygen atoms in total. The number of halogens is 1. The molecule has 0 aliphatic carbocycles. The minimum Gasteiger partial charge on any atom is -0.494 e. The van der Waals surface area contributed by atoms with Crippen LogP contribution in [-0.4, -0.2) is 64.8 Å². The predicted molar refractivity (Wildman–Crippen MR) is 120 cm³/mol. The maximum atomic E-state index is 11.5. The lowest BCUT2D eigenvalue weighted by molar-refractivity contribution is 0.274. The van der Waals surface area contributed by atoms with Crippen LogP contribution in [0.1, 0.15) is 19.3 Å². The summed E-state index contributed by atoms with van der Waals surface area (Å²) in [7, 11) is -1.31. The first-order valence-electron chi connectivity index (χ1n) is 9.06. The molecule has 1 aromatic carbocycles. The molecule has 1 fully saturated rings. The lowest BCUT2D eigenvalue weighted by atomic mass is 9.98. The van der Waals surface area contributed by atoms with Gasteiger partial charge in [0.25, 0.3) is 0 Å². The van der Waals surface area contributed by atoms with Crippen LogP contribution >= 0.6 is 24.0 Å². The number of ether oxygens (including phenoxy) is 1. The maximum Gasteiger partial charge on any atom is 0.211 e. The zero-order valence-corrected chi connectivity index (χ0v) is 19.2. The number of piperidine rings is 1. The molecular weight excluding hydrogens is 479 g/mol. The summed E-state index contributed by atoms with van der Waals surface area (Å²) >= 11 is 0. The molecule has 0 spiro atoms. The Balaban J connectivity index is 0.00000364. The normalized spacial score (nSPS) is 16.4. The molecule has 1 aromatic rings. The van der Waals surface area contributed by atoms with Crippen LogP contribution in [-0.2, 0) is 10.0 Å². The summed E-state index contributed by atoms with van der Waals surface area (Å²) in [5.41, 5.74) is 0. The summed E-state index contributed by atoms with van der Waals surface area (Å²) in [6.45, 7) is 3.44. The molecule has 0 unspecified atom stereocenters. The Kier molecular flexibility index (Phi) is 11.0. The van der Waals surface area contributed by atoms with E-state index in [0.717, 1.165) is 44.1 Å². The van der Waals surface area contributed by atoms with Crippen LogP contribution < -0.4 is 15.4 Å². The summed E-state index contributed by atoms with van der Waals surface area (Å²) in [5.74, 6) is 2.12. The first-order valence-corrected chi connectivity index (χ1v) is 10.9. The number of sulfonamides is 1. The number of guanidine groups is 1.